The number of esters is 1. The number of hydrogen-bond donors (Lipinski definition) is 3. The largest absolute Gasteiger partial charge is 0.459 e. The smallest absolute Gasteiger partial charge is 0.408 e. The monoisotopic (exact) mass is 486 g/mol. The highest BCUT2D eigenvalue weighted by Gasteiger charge is 2.25. The second-order valence-corrected chi connectivity index (χ2v) is 8.38. The molecule has 1 amide bonds. The van der Waals surface area contributed by atoms with Gasteiger partial charge in [0, 0.05) is 13.6 Å². The van der Waals surface area contributed by atoms with Crippen LogP contribution in [0.1, 0.15) is 55.4 Å². The van der Waals surface area contributed by atoms with Gasteiger partial charge in [0.2, 0.25) is 0 Å². The molecule has 0 fully saturated rings. The maximum Gasteiger partial charge on any atom is 0.408 e. The molecule has 26 heavy (non-hydrogen) atoms. The molecule has 0 unspecified atom stereocenters. The van der Waals surface area contributed by atoms with Crippen molar-refractivity contribution >= 4 is 42.0 Å². The first-order valence-electron chi connectivity index (χ1n) is 8.31. The first kappa shape index (κ1) is 27.0. The topological polar surface area (TPSA) is 101 Å². The van der Waals surface area contributed by atoms with Gasteiger partial charge >= 0.3 is 12.1 Å². The van der Waals surface area contributed by atoms with E-state index in [1.807, 2.05) is 34.6 Å². The fourth-order valence-corrected chi connectivity index (χ4v) is 1.68. The lowest BCUT2D eigenvalue weighted by atomic mass is 10.1. The van der Waals surface area contributed by atoms with Crippen LogP contribution in [0.2, 0.25) is 0 Å². The van der Waals surface area contributed by atoms with Crippen LogP contribution in [0.25, 0.3) is 0 Å². The summed E-state index contributed by atoms with van der Waals surface area (Å²) in [5.74, 6) is 0.0616. The van der Waals surface area contributed by atoms with Gasteiger partial charge in [0.15, 0.2) is 5.96 Å². The third-order valence-corrected chi connectivity index (χ3v) is 2.58. The predicted octanol–water partition coefficient (Wildman–Crippen LogP) is 2.41. The number of alkyl carbamates (subject to hydrolysis) is 1. The third kappa shape index (κ3) is 15.0. The number of halogens is 1. The van der Waals surface area contributed by atoms with Crippen molar-refractivity contribution < 1.29 is 19.1 Å². The molecule has 0 aliphatic carbocycles. The number of hydrogen-bond acceptors (Lipinski definition) is 5. The van der Waals surface area contributed by atoms with Crippen molar-refractivity contribution in [3.05, 3.63) is 0 Å². The molecule has 0 heterocycles. The first-order chi connectivity index (χ1) is 11.1. The average molecular weight is 486 g/mol. The maximum atomic E-state index is 11.9. The van der Waals surface area contributed by atoms with Crippen LogP contribution in [0.5, 0.6) is 0 Å². The third-order valence-electron chi connectivity index (χ3n) is 2.58. The fourth-order valence-electron chi connectivity index (χ4n) is 1.68. The van der Waals surface area contributed by atoms with Gasteiger partial charge in [-0.05, 0) is 55.4 Å². The van der Waals surface area contributed by atoms with E-state index in [2.05, 4.69) is 20.9 Å². The highest BCUT2D eigenvalue weighted by atomic mass is 127. The summed E-state index contributed by atoms with van der Waals surface area (Å²) >= 11 is 0. The summed E-state index contributed by atoms with van der Waals surface area (Å²) in [6.45, 7) is 14.9. The van der Waals surface area contributed by atoms with Gasteiger partial charge in [0.25, 0.3) is 0 Å². The number of nitrogens with zero attached hydrogens (tertiary/aromatic N) is 1. The van der Waals surface area contributed by atoms with Crippen LogP contribution in [0, 0.1) is 0 Å². The first-order valence-corrected chi connectivity index (χ1v) is 8.31. The van der Waals surface area contributed by atoms with Crippen molar-refractivity contribution in [2.24, 2.45) is 4.99 Å². The van der Waals surface area contributed by atoms with Gasteiger partial charge in [0.1, 0.15) is 17.7 Å². The molecule has 0 atom stereocenters. The summed E-state index contributed by atoms with van der Waals surface area (Å²) in [4.78, 5) is 27.6. The van der Waals surface area contributed by atoms with Gasteiger partial charge in [-0.1, -0.05) is 0 Å². The summed E-state index contributed by atoms with van der Waals surface area (Å²) in [7, 11) is 1.60. The lowest BCUT2D eigenvalue weighted by Crippen LogP contribution is -2.54. The number of amides is 1. The lowest BCUT2D eigenvalue weighted by molar-refractivity contribution is -0.153. The quantitative estimate of drug-likeness (QED) is 0.239. The predicted molar refractivity (Wildman–Crippen MR) is 114 cm³/mol. The molecule has 0 aromatic rings. The summed E-state index contributed by atoms with van der Waals surface area (Å²) < 4.78 is 10.5. The molecule has 0 saturated carbocycles. The molecule has 3 N–H and O–H groups in total. The summed E-state index contributed by atoms with van der Waals surface area (Å²) in [5, 5.41) is 8.72. The van der Waals surface area contributed by atoms with E-state index >= 15 is 0 Å². The number of nitrogens with one attached hydrogen (secondary N) is 3. The highest BCUT2D eigenvalue weighted by molar-refractivity contribution is 14.0. The van der Waals surface area contributed by atoms with Crippen LogP contribution >= 0.6 is 24.0 Å². The number of rotatable bonds is 5. The molecule has 154 valence electrons. The van der Waals surface area contributed by atoms with E-state index in [4.69, 9.17) is 9.47 Å². The van der Waals surface area contributed by atoms with Crippen molar-refractivity contribution in [2.45, 2.75) is 72.1 Å². The Bertz CT molecular complexity index is 494. The second kappa shape index (κ2) is 10.8. The van der Waals surface area contributed by atoms with Gasteiger partial charge < -0.3 is 25.4 Å². The molecule has 0 bridgehead atoms. The second-order valence-electron chi connectivity index (χ2n) is 8.38. The van der Waals surface area contributed by atoms with Gasteiger partial charge in [-0.2, -0.15) is 0 Å². The summed E-state index contributed by atoms with van der Waals surface area (Å²) in [5.41, 5.74) is -1.67. The van der Waals surface area contributed by atoms with Crippen molar-refractivity contribution in [2.75, 3.05) is 20.1 Å². The Morgan fingerprint density at radius 2 is 1.38 bits per heavy atom. The Kier molecular flexibility index (Phi) is 11.2. The lowest BCUT2D eigenvalue weighted by Gasteiger charge is -2.29. The van der Waals surface area contributed by atoms with Crippen LogP contribution in [0.4, 0.5) is 4.79 Å². The Hall–Kier alpha value is -1.26. The molecule has 0 aliphatic heterocycles. The molecule has 0 saturated heterocycles. The Labute approximate surface area is 174 Å². The molecule has 0 aromatic heterocycles. The molecule has 0 radical (unpaired) electrons. The van der Waals surface area contributed by atoms with Gasteiger partial charge in [-0.15, -0.1) is 24.0 Å². The highest BCUT2D eigenvalue weighted by Crippen LogP contribution is 2.09. The van der Waals surface area contributed by atoms with Crippen molar-refractivity contribution in [1.82, 2.24) is 16.0 Å². The number of carbonyl (C=O) groups excluding carboxylic acids is 2. The molecular weight excluding hydrogens is 451 g/mol. The van der Waals surface area contributed by atoms with Gasteiger partial charge in [-0.3, -0.25) is 9.79 Å². The van der Waals surface area contributed by atoms with Crippen LogP contribution in [-0.2, 0) is 14.3 Å². The van der Waals surface area contributed by atoms with Crippen molar-refractivity contribution in [3.63, 3.8) is 0 Å². The number of guanidine groups is 1. The molecule has 0 spiro atoms. The maximum absolute atomic E-state index is 11.9. The van der Waals surface area contributed by atoms with E-state index in [-0.39, 0.29) is 36.5 Å². The van der Waals surface area contributed by atoms with Gasteiger partial charge in [0.05, 0.1) is 5.54 Å². The number of ether oxygens (including phenoxy) is 2. The standard InChI is InChI=1S/C17H34N4O4.HI/c1-15(2,3)24-12(22)10-19-13(18-9)20-11-17(7,8)21-14(23)25-16(4,5)6;/h10-11H2,1-9H3,(H,21,23)(H2,18,19,20);1H. The van der Waals surface area contributed by atoms with Crippen LogP contribution < -0.4 is 16.0 Å². The van der Waals surface area contributed by atoms with E-state index in [1.165, 1.54) is 0 Å². The molecular formula is C17H35IN4O4. The minimum absolute atomic E-state index is 0. The normalized spacial score (nSPS) is 12.6. The molecule has 8 nitrogen and oxygen atoms in total. The van der Waals surface area contributed by atoms with E-state index in [0.717, 1.165) is 0 Å². The van der Waals surface area contributed by atoms with Crippen LogP contribution in [0.15, 0.2) is 4.99 Å². The fraction of sp³-hybridized carbons (Fsp3) is 0.824. The molecule has 0 aliphatic rings. The van der Waals surface area contributed by atoms with E-state index in [1.54, 1.807) is 27.8 Å². The Balaban J connectivity index is 0. The molecule has 0 rings (SSSR count). The number of carbonyl (C=O) groups is 2. The Morgan fingerprint density at radius 1 is 0.885 bits per heavy atom. The van der Waals surface area contributed by atoms with Gasteiger partial charge in [-0.25, -0.2) is 4.79 Å². The van der Waals surface area contributed by atoms with Crippen LogP contribution in [-0.4, -0.2) is 54.9 Å². The average Bonchev–Trinajstić information content (AvgIpc) is 2.33. The minimum Gasteiger partial charge on any atom is -0.459 e. The zero-order chi connectivity index (χ0) is 19.9. The van der Waals surface area contributed by atoms with Crippen molar-refractivity contribution in [1.29, 1.82) is 0 Å². The van der Waals surface area contributed by atoms with E-state index in [9.17, 15) is 9.59 Å². The summed E-state index contributed by atoms with van der Waals surface area (Å²) in [6, 6.07) is 0. The minimum atomic E-state index is -0.578. The van der Waals surface area contributed by atoms with E-state index < -0.39 is 22.8 Å². The SMILES string of the molecule is CN=C(NCC(=O)OC(C)(C)C)NCC(C)(C)NC(=O)OC(C)(C)C.I. The summed E-state index contributed by atoms with van der Waals surface area (Å²) in [6.07, 6.45) is -0.490. The Morgan fingerprint density at radius 3 is 1.81 bits per heavy atom. The zero-order valence-electron chi connectivity index (χ0n) is 17.4. The molecule has 9 heteroatoms. The number of aliphatic imine (C=N–C) groups is 1. The molecule has 0 aromatic carbocycles. The van der Waals surface area contributed by atoms with Crippen LogP contribution in [0.3, 0.4) is 0 Å². The van der Waals surface area contributed by atoms with Crippen molar-refractivity contribution in [3.8, 4) is 0 Å². The van der Waals surface area contributed by atoms with E-state index in [0.29, 0.717) is 12.5 Å². The zero-order valence-corrected chi connectivity index (χ0v) is 19.7.